The summed E-state index contributed by atoms with van der Waals surface area (Å²) in [4.78, 5) is 21.1. The fraction of sp³-hybridized carbons (Fsp3) is 0.545. The standard InChI is InChI=1S/C22H28F2N4O/c1-14-8-16(26-20(29)9-15-11-27(2)12-15)13-28(10-14)19-6-5-18(22(23)24)21-17(19)4-3-7-25-21/h3-7,14-16,22H,8-13H2,1-2H3,(H,26,29)/t14-,16+/m0/s1. The second kappa shape index (κ2) is 8.22. The average molecular weight is 402 g/mol. The number of piperidine rings is 1. The first kappa shape index (κ1) is 20.0. The number of pyridine rings is 1. The van der Waals surface area contributed by atoms with Crippen molar-refractivity contribution in [3.05, 3.63) is 36.0 Å². The summed E-state index contributed by atoms with van der Waals surface area (Å²) in [5.74, 6) is 0.959. The topological polar surface area (TPSA) is 48.5 Å². The smallest absolute Gasteiger partial charge is 0.265 e. The monoisotopic (exact) mass is 402 g/mol. The number of amides is 1. The molecule has 0 bridgehead atoms. The summed E-state index contributed by atoms with van der Waals surface area (Å²) in [6, 6.07) is 6.94. The minimum Gasteiger partial charge on any atom is -0.369 e. The van der Waals surface area contributed by atoms with E-state index in [4.69, 9.17) is 0 Å². The molecule has 0 radical (unpaired) electrons. The first-order valence-electron chi connectivity index (χ1n) is 10.3. The number of rotatable bonds is 5. The van der Waals surface area contributed by atoms with Crippen molar-refractivity contribution in [1.82, 2.24) is 15.2 Å². The van der Waals surface area contributed by atoms with Crippen molar-refractivity contribution in [3.8, 4) is 0 Å². The van der Waals surface area contributed by atoms with Gasteiger partial charge in [-0.3, -0.25) is 9.78 Å². The third-order valence-corrected chi connectivity index (χ3v) is 5.99. The van der Waals surface area contributed by atoms with Gasteiger partial charge in [0.25, 0.3) is 6.43 Å². The number of hydrogen-bond acceptors (Lipinski definition) is 4. The van der Waals surface area contributed by atoms with Crippen LogP contribution in [0.5, 0.6) is 0 Å². The SMILES string of the molecule is C[C@H]1C[C@@H](NC(=O)CC2CN(C)C2)CN(c2ccc(C(F)F)c3ncccc23)C1. The van der Waals surface area contributed by atoms with Gasteiger partial charge in [-0.15, -0.1) is 0 Å². The predicted octanol–water partition coefficient (Wildman–Crippen LogP) is 3.46. The summed E-state index contributed by atoms with van der Waals surface area (Å²) >= 11 is 0. The van der Waals surface area contributed by atoms with Gasteiger partial charge in [0.1, 0.15) is 0 Å². The highest BCUT2D eigenvalue weighted by atomic mass is 19.3. The molecule has 3 heterocycles. The number of nitrogens with zero attached hydrogens (tertiary/aromatic N) is 3. The number of anilines is 1. The van der Waals surface area contributed by atoms with Crippen LogP contribution < -0.4 is 10.2 Å². The molecule has 29 heavy (non-hydrogen) atoms. The van der Waals surface area contributed by atoms with Crippen LogP contribution in [-0.2, 0) is 4.79 Å². The van der Waals surface area contributed by atoms with E-state index in [2.05, 4.69) is 34.1 Å². The number of fused-ring (bicyclic) bond motifs is 1. The molecule has 0 spiro atoms. The molecule has 0 saturated carbocycles. The molecule has 156 valence electrons. The second-order valence-corrected chi connectivity index (χ2v) is 8.68. The van der Waals surface area contributed by atoms with Crippen molar-refractivity contribution < 1.29 is 13.6 Å². The maximum Gasteiger partial charge on any atom is 0.265 e. The van der Waals surface area contributed by atoms with E-state index in [-0.39, 0.29) is 17.5 Å². The molecule has 2 saturated heterocycles. The van der Waals surface area contributed by atoms with Gasteiger partial charge in [0.05, 0.1) is 5.52 Å². The number of likely N-dealkylation sites (tertiary alicyclic amines) is 1. The van der Waals surface area contributed by atoms with Crippen LogP contribution in [0.3, 0.4) is 0 Å². The molecular weight excluding hydrogens is 374 g/mol. The Hall–Kier alpha value is -2.28. The number of carbonyl (C=O) groups excluding carboxylic acids is 1. The predicted molar refractivity (Wildman–Crippen MR) is 110 cm³/mol. The van der Waals surface area contributed by atoms with Crippen molar-refractivity contribution in [3.63, 3.8) is 0 Å². The van der Waals surface area contributed by atoms with Crippen LogP contribution in [0.1, 0.15) is 31.8 Å². The van der Waals surface area contributed by atoms with Gasteiger partial charge in [-0.05, 0) is 49.6 Å². The summed E-state index contributed by atoms with van der Waals surface area (Å²) in [5, 5.41) is 3.94. The number of hydrogen-bond donors (Lipinski definition) is 1. The number of alkyl halides is 2. The molecule has 2 aliphatic heterocycles. The van der Waals surface area contributed by atoms with E-state index in [1.165, 1.54) is 6.07 Å². The van der Waals surface area contributed by atoms with Crippen molar-refractivity contribution in [2.24, 2.45) is 11.8 Å². The van der Waals surface area contributed by atoms with E-state index >= 15 is 0 Å². The van der Waals surface area contributed by atoms with Gasteiger partial charge in [0.15, 0.2) is 0 Å². The summed E-state index contributed by atoms with van der Waals surface area (Å²) in [6.07, 6.45) is 0.500. The van der Waals surface area contributed by atoms with Crippen LogP contribution in [0, 0.1) is 11.8 Å². The molecule has 1 aromatic heterocycles. The highest BCUT2D eigenvalue weighted by Gasteiger charge is 2.30. The van der Waals surface area contributed by atoms with Crippen LogP contribution >= 0.6 is 0 Å². The van der Waals surface area contributed by atoms with Gasteiger partial charge in [-0.2, -0.15) is 0 Å². The minimum atomic E-state index is -2.56. The average Bonchev–Trinajstić information content (AvgIpc) is 2.65. The Balaban J connectivity index is 1.51. The maximum atomic E-state index is 13.4. The van der Waals surface area contributed by atoms with Crippen molar-refractivity contribution in [2.45, 2.75) is 32.2 Å². The Labute approximate surface area is 170 Å². The normalized spacial score (nSPS) is 23.4. The number of halogens is 2. The molecule has 1 aromatic carbocycles. The highest BCUT2D eigenvalue weighted by Crippen LogP contribution is 2.34. The van der Waals surface area contributed by atoms with Crippen molar-refractivity contribution >= 4 is 22.5 Å². The molecule has 0 unspecified atom stereocenters. The van der Waals surface area contributed by atoms with E-state index in [0.29, 0.717) is 30.3 Å². The summed E-state index contributed by atoms with van der Waals surface area (Å²) in [5.41, 5.74) is 1.22. The lowest BCUT2D eigenvalue weighted by molar-refractivity contribution is -0.124. The zero-order valence-corrected chi connectivity index (χ0v) is 16.9. The molecule has 2 fully saturated rings. The van der Waals surface area contributed by atoms with E-state index in [1.54, 1.807) is 18.3 Å². The Morgan fingerprint density at radius 3 is 2.76 bits per heavy atom. The number of nitrogens with one attached hydrogen (secondary N) is 1. The van der Waals surface area contributed by atoms with Crippen LogP contribution in [0.25, 0.3) is 10.9 Å². The summed E-state index contributed by atoms with van der Waals surface area (Å²) < 4.78 is 26.8. The molecular formula is C22H28F2N4O. The van der Waals surface area contributed by atoms with Gasteiger partial charge < -0.3 is 15.1 Å². The third-order valence-electron chi connectivity index (χ3n) is 5.99. The lowest BCUT2D eigenvalue weighted by Crippen LogP contribution is -2.52. The Bertz CT molecular complexity index is 884. The fourth-order valence-electron chi connectivity index (χ4n) is 4.79. The van der Waals surface area contributed by atoms with Crippen LogP contribution in [0.15, 0.2) is 30.5 Å². The van der Waals surface area contributed by atoms with E-state index < -0.39 is 6.43 Å². The maximum absolute atomic E-state index is 13.4. The lowest BCUT2D eigenvalue weighted by atomic mass is 9.93. The molecule has 4 rings (SSSR count). The van der Waals surface area contributed by atoms with E-state index in [1.807, 2.05) is 6.07 Å². The fourth-order valence-corrected chi connectivity index (χ4v) is 4.79. The molecule has 7 heteroatoms. The van der Waals surface area contributed by atoms with Gasteiger partial charge in [-0.25, -0.2) is 8.78 Å². The van der Waals surface area contributed by atoms with E-state index in [9.17, 15) is 13.6 Å². The van der Waals surface area contributed by atoms with Gasteiger partial charge in [-0.1, -0.05) is 6.92 Å². The van der Waals surface area contributed by atoms with Gasteiger partial charge >= 0.3 is 0 Å². The second-order valence-electron chi connectivity index (χ2n) is 8.68. The summed E-state index contributed by atoms with van der Waals surface area (Å²) in [7, 11) is 2.06. The zero-order valence-electron chi connectivity index (χ0n) is 16.9. The molecule has 0 aliphatic carbocycles. The first-order chi connectivity index (χ1) is 13.9. The molecule has 1 amide bonds. The van der Waals surface area contributed by atoms with Gasteiger partial charge in [0, 0.05) is 61.5 Å². The molecule has 5 nitrogen and oxygen atoms in total. The quantitative estimate of drug-likeness (QED) is 0.832. The molecule has 2 atom stereocenters. The van der Waals surface area contributed by atoms with Gasteiger partial charge in [0.2, 0.25) is 5.91 Å². The van der Waals surface area contributed by atoms with Crippen molar-refractivity contribution in [1.29, 1.82) is 0 Å². The molecule has 1 N–H and O–H groups in total. The number of benzene rings is 1. The Morgan fingerprint density at radius 2 is 2.03 bits per heavy atom. The lowest BCUT2D eigenvalue weighted by Gasteiger charge is -2.40. The van der Waals surface area contributed by atoms with Crippen LogP contribution in [-0.4, -0.2) is 55.1 Å². The molecule has 2 aliphatic rings. The van der Waals surface area contributed by atoms with Crippen LogP contribution in [0.4, 0.5) is 14.5 Å². The number of carbonyl (C=O) groups is 1. The van der Waals surface area contributed by atoms with E-state index in [0.717, 1.165) is 37.1 Å². The number of aromatic nitrogens is 1. The minimum absolute atomic E-state index is 0.0373. The van der Waals surface area contributed by atoms with Crippen LogP contribution in [0.2, 0.25) is 0 Å². The zero-order chi connectivity index (χ0) is 20.5. The Kier molecular flexibility index (Phi) is 5.67. The summed E-state index contributed by atoms with van der Waals surface area (Å²) in [6.45, 7) is 5.64. The largest absolute Gasteiger partial charge is 0.369 e. The Morgan fingerprint density at radius 1 is 1.24 bits per heavy atom. The van der Waals surface area contributed by atoms with Crippen molar-refractivity contribution in [2.75, 3.05) is 38.1 Å². The first-order valence-corrected chi connectivity index (χ1v) is 10.3. The highest BCUT2D eigenvalue weighted by molar-refractivity contribution is 5.94. The molecule has 2 aromatic rings. The third kappa shape index (κ3) is 4.34.